The summed E-state index contributed by atoms with van der Waals surface area (Å²) in [5, 5.41) is 5.55. The number of carbonyl (C=O) groups is 2. The Morgan fingerprint density at radius 3 is 2.25 bits per heavy atom. The summed E-state index contributed by atoms with van der Waals surface area (Å²) in [5.74, 6) is 0.690. The summed E-state index contributed by atoms with van der Waals surface area (Å²) < 4.78 is 10.9. The van der Waals surface area contributed by atoms with Crippen molar-refractivity contribution >= 4 is 11.8 Å². The lowest BCUT2D eigenvalue weighted by Gasteiger charge is -2.17. The Hall–Kier alpha value is -3.80. The van der Waals surface area contributed by atoms with E-state index >= 15 is 0 Å². The van der Waals surface area contributed by atoms with Crippen LogP contribution in [0.5, 0.6) is 11.5 Å². The first-order chi connectivity index (χ1) is 15.5. The van der Waals surface area contributed by atoms with E-state index in [9.17, 15) is 9.59 Å². The molecule has 0 spiro atoms. The van der Waals surface area contributed by atoms with Gasteiger partial charge in [-0.2, -0.15) is 0 Å². The van der Waals surface area contributed by atoms with E-state index in [1.807, 2.05) is 74.5 Å². The minimum Gasteiger partial charge on any atom is -0.493 e. The molecule has 3 aromatic rings. The third kappa shape index (κ3) is 5.88. The average Bonchev–Trinajstić information content (AvgIpc) is 2.83. The van der Waals surface area contributed by atoms with E-state index < -0.39 is 0 Å². The van der Waals surface area contributed by atoms with E-state index in [0.717, 1.165) is 16.7 Å². The normalized spacial score (nSPS) is 11.3. The first kappa shape index (κ1) is 22.9. The van der Waals surface area contributed by atoms with Crippen molar-refractivity contribution in [3.05, 3.63) is 83.9 Å². The van der Waals surface area contributed by atoms with Crippen molar-refractivity contribution in [1.82, 2.24) is 10.6 Å². The number of carbonyl (C=O) groups excluding carboxylic acids is 2. The molecule has 0 aliphatic rings. The summed E-state index contributed by atoms with van der Waals surface area (Å²) in [5.41, 5.74) is 3.49. The van der Waals surface area contributed by atoms with Crippen LogP contribution in [0.1, 0.15) is 35.8 Å². The van der Waals surface area contributed by atoms with Gasteiger partial charge in [-0.15, -0.1) is 0 Å². The molecule has 3 aromatic carbocycles. The van der Waals surface area contributed by atoms with Crippen LogP contribution in [0.4, 0.5) is 0 Å². The number of benzene rings is 3. The van der Waals surface area contributed by atoms with Gasteiger partial charge in [-0.1, -0.05) is 48.5 Å². The Morgan fingerprint density at radius 1 is 0.906 bits per heavy atom. The molecule has 32 heavy (non-hydrogen) atoms. The molecule has 0 aromatic heterocycles. The number of amides is 2. The van der Waals surface area contributed by atoms with Gasteiger partial charge >= 0.3 is 0 Å². The minimum absolute atomic E-state index is 0.113. The standard InChI is InChI=1S/C26H28N2O4/c1-4-32-23-15-14-22(16-24(23)31-3)18(2)28-25(29)17-27-26(30)21-12-10-20(11-13-21)19-8-6-5-7-9-19/h5-16,18H,4,17H2,1-3H3,(H,27,30)(H,28,29). The maximum atomic E-state index is 12.4. The molecule has 6 heteroatoms. The lowest BCUT2D eigenvalue weighted by atomic mass is 10.0. The number of hydrogen-bond acceptors (Lipinski definition) is 4. The van der Waals surface area contributed by atoms with Gasteiger partial charge in [0.1, 0.15) is 0 Å². The lowest BCUT2D eigenvalue weighted by Crippen LogP contribution is -2.38. The van der Waals surface area contributed by atoms with Crippen LogP contribution in [-0.4, -0.2) is 32.1 Å². The maximum absolute atomic E-state index is 12.4. The Bertz CT molecular complexity index is 1050. The van der Waals surface area contributed by atoms with Crippen molar-refractivity contribution in [2.75, 3.05) is 20.3 Å². The van der Waals surface area contributed by atoms with Crippen LogP contribution < -0.4 is 20.1 Å². The summed E-state index contributed by atoms with van der Waals surface area (Å²) in [4.78, 5) is 24.8. The topological polar surface area (TPSA) is 76.7 Å². The first-order valence-electron chi connectivity index (χ1n) is 10.6. The molecule has 1 unspecified atom stereocenters. The number of hydrogen-bond donors (Lipinski definition) is 2. The van der Waals surface area contributed by atoms with Gasteiger partial charge in [0.2, 0.25) is 5.91 Å². The quantitative estimate of drug-likeness (QED) is 0.527. The highest BCUT2D eigenvalue weighted by molar-refractivity contribution is 5.96. The van der Waals surface area contributed by atoms with Gasteiger partial charge in [-0.3, -0.25) is 9.59 Å². The van der Waals surface area contributed by atoms with Crippen molar-refractivity contribution in [3.8, 4) is 22.6 Å². The van der Waals surface area contributed by atoms with Gasteiger partial charge in [0.25, 0.3) is 5.91 Å². The summed E-state index contributed by atoms with van der Waals surface area (Å²) in [6, 6.07) is 22.5. The zero-order valence-electron chi connectivity index (χ0n) is 18.6. The Morgan fingerprint density at radius 2 is 1.59 bits per heavy atom. The van der Waals surface area contributed by atoms with Crippen molar-refractivity contribution in [1.29, 1.82) is 0 Å². The lowest BCUT2D eigenvalue weighted by molar-refractivity contribution is -0.120. The molecule has 6 nitrogen and oxygen atoms in total. The van der Waals surface area contributed by atoms with Crippen LogP contribution in [0.3, 0.4) is 0 Å². The van der Waals surface area contributed by atoms with Crippen LogP contribution in [0.2, 0.25) is 0 Å². The molecule has 166 valence electrons. The van der Waals surface area contributed by atoms with E-state index in [1.165, 1.54) is 0 Å². The number of methoxy groups -OCH3 is 1. The van der Waals surface area contributed by atoms with Crippen molar-refractivity contribution in [2.45, 2.75) is 19.9 Å². The molecule has 0 bridgehead atoms. The molecule has 0 aliphatic heterocycles. The molecule has 0 fully saturated rings. The first-order valence-corrected chi connectivity index (χ1v) is 10.6. The zero-order chi connectivity index (χ0) is 22.9. The summed E-state index contributed by atoms with van der Waals surface area (Å²) >= 11 is 0. The third-order valence-electron chi connectivity index (χ3n) is 5.03. The predicted molar refractivity (Wildman–Crippen MR) is 125 cm³/mol. The zero-order valence-corrected chi connectivity index (χ0v) is 18.6. The molecule has 3 rings (SSSR count). The van der Waals surface area contributed by atoms with Gasteiger partial charge < -0.3 is 20.1 Å². The van der Waals surface area contributed by atoms with E-state index in [2.05, 4.69) is 10.6 Å². The van der Waals surface area contributed by atoms with Gasteiger partial charge in [-0.05, 0) is 54.8 Å². The second kappa shape index (κ2) is 11.0. The molecule has 0 heterocycles. The largest absolute Gasteiger partial charge is 0.493 e. The van der Waals surface area contributed by atoms with Crippen LogP contribution in [0, 0.1) is 0 Å². The van der Waals surface area contributed by atoms with E-state index in [-0.39, 0.29) is 24.4 Å². The predicted octanol–water partition coefficient (Wildman–Crippen LogP) is 4.37. The highest BCUT2D eigenvalue weighted by Crippen LogP contribution is 2.30. The highest BCUT2D eigenvalue weighted by atomic mass is 16.5. The number of nitrogens with one attached hydrogen (secondary N) is 2. The molecule has 0 radical (unpaired) electrons. The fourth-order valence-electron chi connectivity index (χ4n) is 3.31. The highest BCUT2D eigenvalue weighted by Gasteiger charge is 2.14. The smallest absolute Gasteiger partial charge is 0.251 e. The van der Waals surface area contributed by atoms with E-state index in [4.69, 9.17) is 9.47 Å². The van der Waals surface area contributed by atoms with Gasteiger partial charge in [0, 0.05) is 5.56 Å². The molecule has 0 saturated heterocycles. The maximum Gasteiger partial charge on any atom is 0.251 e. The molecular weight excluding hydrogens is 404 g/mol. The van der Waals surface area contributed by atoms with Crippen LogP contribution in [0.15, 0.2) is 72.8 Å². The molecule has 2 amide bonds. The van der Waals surface area contributed by atoms with Gasteiger partial charge in [-0.25, -0.2) is 0 Å². The minimum atomic E-state index is -0.296. The molecule has 1 atom stereocenters. The Labute approximate surface area is 188 Å². The number of ether oxygens (including phenoxy) is 2. The molecule has 0 aliphatic carbocycles. The van der Waals surface area contributed by atoms with Crippen molar-refractivity contribution < 1.29 is 19.1 Å². The summed E-state index contributed by atoms with van der Waals surface area (Å²) in [6.45, 7) is 4.20. The van der Waals surface area contributed by atoms with Crippen LogP contribution in [0.25, 0.3) is 11.1 Å². The summed E-state index contributed by atoms with van der Waals surface area (Å²) in [7, 11) is 1.58. The van der Waals surface area contributed by atoms with Gasteiger partial charge in [0.15, 0.2) is 11.5 Å². The molecular formula is C26H28N2O4. The monoisotopic (exact) mass is 432 g/mol. The van der Waals surface area contributed by atoms with E-state index in [1.54, 1.807) is 19.2 Å². The second-order valence-corrected chi connectivity index (χ2v) is 7.26. The van der Waals surface area contributed by atoms with Crippen molar-refractivity contribution in [2.24, 2.45) is 0 Å². The van der Waals surface area contributed by atoms with Crippen LogP contribution in [-0.2, 0) is 4.79 Å². The molecule has 2 N–H and O–H groups in total. The second-order valence-electron chi connectivity index (χ2n) is 7.26. The summed E-state index contributed by atoms with van der Waals surface area (Å²) in [6.07, 6.45) is 0. The Kier molecular flexibility index (Phi) is 7.86. The third-order valence-corrected chi connectivity index (χ3v) is 5.03. The average molecular weight is 433 g/mol. The molecule has 0 saturated carbocycles. The number of rotatable bonds is 9. The SMILES string of the molecule is CCOc1ccc(C(C)NC(=O)CNC(=O)c2ccc(-c3ccccc3)cc2)cc1OC. The van der Waals surface area contributed by atoms with E-state index in [0.29, 0.717) is 23.7 Å². The Balaban J connectivity index is 1.53. The van der Waals surface area contributed by atoms with Crippen LogP contribution >= 0.6 is 0 Å². The van der Waals surface area contributed by atoms with Gasteiger partial charge in [0.05, 0.1) is 26.3 Å². The fraction of sp³-hybridized carbons (Fsp3) is 0.231. The fourth-order valence-corrected chi connectivity index (χ4v) is 3.31. The van der Waals surface area contributed by atoms with Crippen molar-refractivity contribution in [3.63, 3.8) is 0 Å².